The molecule has 0 heterocycles. The van der Waals surface area contributed by atoms with Crippen molar-refractivity contribution < 1.29 is 53.7 Å². The highest BCUT2D eigenvalue weighted by Crippen LogP contribution is 2.07. The van der Waals surface area contributed by atoms with Crippen molar-refractivity contribution in [3.8, 4) is 0 Å². The van der Waals surface area contributed by atoms with E-state index in [1.54, 1.807) is 6.92 Å². The summed E-state index contributed by atoms with van der Waals surface area (Å²) in [6, 6.07) is -5.73. The maximum absolute atomic E-state index is 13.0. The fraction of sp³-hybridized carbons (Fsp3) is 0.636. The lowest BCUT2D eigenvalue weighted by Crippen LogP contribution is -2.59. The third-order valence-corrected chi connectivity index (χ3v) is 4.97. The van der Waals surface area contributed by atoms with Gasteiger partial charge in [0.25, 0.3) is 0 Å². The van der Waals surface area contributed by atoms with Crippen LogP contribution in [-0.4, -0.2) is 87.3 Å². The summed E-state index contributed by atoms with van der Waals surface area (Å²) in [6.07, 6.45) is -1.71. The van der Waals surface area contributed by atoms with Crippen LogP contribution in [0.1, 0.15) is 59.3 Å². The number of hydrogen-bond donors (Lipinski definition) is 8. The molecule has 8 N–H and O–H groups in total. The molecule has 0 aromatic heterocycles. The second-order valence-corrected chi connectivity index (χ2v) is 8.67. The van der Waals surface area contributed by atoms with Crippen LogP contribution in [0.15, 0.2) is 0 Å². The van der Waals surface area contributed by atoms with Gasteiger partial charge in [0, 0.05) is 12.8 Å². The molecular formula is C22H35N5O11. The van der Waals surface area contributed by atoms with Gasteiger partial charge in [-0.1, -0.05) is 20.8 Å². The van der Waals surface area contributed by atoms with Gasteiger partial charge in [-0.3, -0.25) is 39.0 Å². The second-order valence-electron chi connectivity index (χ2n) is 8.67. The molecule has 0 spiro atoms. The van der Waals surface area contributed by atoms with Gasteiger partial charge in [-0.15, -0.1) is 0 Å². The molecule has 0 radical (unpaired) electrons. The fourth-order valence-electron chi connectivity index (χ4n) is 3.03. The van der Waals surface area contributed by atoms with Gasteiger partial charge in [0.2, 0.25) is 23.6 Å². The molecule has 0 aliphatic heterocycles. The monoisotopic (exact) mass is 545 g/mol. The van der Waals surface area contributed by atoms with Crippen molar-refractivity contribution in [1.82, 2.24) is 26.8 Å². The van der Waals surface area contributed by atoms with E-state index in [-0.39, 0.29) is 12.7 Å². The van der Waals surface area contributed by atoms with E-state index in [9.17, 15) is 38.4 Å². The molecule has 4 amide bonds. The van der Waals surface area contributed by atoms with Crippen LogP contribution in [0.2, 0.25) is 0 Å². The average Bonchev–Trinajstić information content (AvgIpc) is 2.81. The molecular weight excluding hydrogens is 510 g/mol. The third-order valence-electron chi connectivity index (χ3n) is 4.97. The maximum Gasteiger partial charge on any atom is 0.305 e. The van der Waals surface area contributed by atoms with E-state index in [1.165, 1.54) is 13.8 Å². The molecule has 0 aromatic rings. The Morgan fingerprint density at radius 3 is 1.79 bits per heavy atom. The van der Waals surface area contributed by atoms with Gasteiger partial charge in [-0.2, -0.15) is 0 Å². The van der Waals surface area contributed by atoms with E-state index in [0.717, 1.165) is 0 Å². The van der Waals surface area contributed by atoms with Gasteiger partial charge in [0.1, 0.15) is 24.4 Å². The van der Waals surface area contributed by atoms with Gasteiger partial charge in [0.15, 0.2) is 0 Å². The highest BCUT2D eigenvalue weighted by atomic mass is 16.4. The number of nitrogens with one attached hydrogen (secondary N) is 5. The molecule has 0 bridgehead atoms. The number of carboxylic acids is 3. The number of rotatable bonds is 19. The Morgan fingerprint density at radius 2 is 1.32 bits per heavy atom. The quantitative estimate of drug-likeness (QED) is 0.0641. The van der Waals surface area contributed by atoms with Crippen molar-refractivity contribution >= 4 is 47.8 Å². The summed E-state index contributed by atoms with van der Waals surface area (Å²) in [4.78, 5) is 94.3. The average molecular weight is 546 g/mol. The molecule has 0 saturated heterocycles. The van der Waals surface area contributed by atoms with E-state index >= 15 is 0 Å². The molecule has 16 heteroatoms. The third kappa shape index (κ3) is 13.9. The van der Waals surface area contributed by atoms with Gasteiger partial charge >= 0.3 is 17.9 Å². The summed E-state index contributed by atoms with van der Waals surface area (Å²) in [5.74, 6) is -8.07. The Morgan fingerprint density at radius 1 is 0.737 bits per heavy atom. The van der Waals surface area contributed by atoms with E-state index in [4.69, 9.17) is 15.3 Å². The minimum atomic E-state index is -1.53. The maximum atomic E-state index is 13.0. The Balaban J connectivity index is 5.69. The lowest BCUT2D eigenvalue weighted by molar-refractivity contribution is -0.141. The van der Waals surface area contributed by atoms with E-state index in [2.05, 4.69) is 26.8 Å². The zero-order valence-electron chi connectivity index (χ0n) is 21.3. The van der Waals surface area contributed by atoms with Crippen LogP contribution < -0.4 is 26.8 Å². The lowest BCUT2D eigenvalue weighted by atomic mass is 10.0. The Hall–Kier alpha value is -4.08. The topological polar surface area (TPSA) is 257 Å². The highest BCUT2D eigenvalue weighted by molar-refractivity contribution is 5.95. The summed E-state index contributed by atoms with van der Waals surface area (Å²) in [5.41, 5.74) is 4.47. The first-order valence-corrected chi connectivity index (χ1v) is 11.8. The molecule has 0 aromatic carbocycles. The molecule has 4 atom stereocenters. The van der Waals surface area contributed by atoms with Crippen LogP contribution >= 0.6 is 0 Å². The van der Waals surface area contributed by atoms with Crippen molar-refractivity contribution in [2.24, 2.45) is 5.92 Å². The molecule has 0 aliphatic rings. The number of carbonyl (C=O) groups excluding carboxylic acids is 5. The predicted molar refractivity (Wildman–Crippen MR) is 128 cm³/mol. The molecule has 0 rings (SSSR count). The summed E-state index contributed by atoms with van der Waals surface area (Å²) < 4.78 is 0. The van der Waals surface area contributed by atoms with Crippen LogP contribution in [0.3, 0.4) is 0 Å². The van der Waals surface area contributed by atoms with Gasteiger partial charge in [0.05, 0.1) is 18.9 Å². The van der Waals surface area contributed by atoms with E-state index < -0.39 is 97.3 Å². The summed E-state index contributed by atoms with van der Waals surface area (Å²) in [5, 5.41) is 33.8. The smallest absolute Gasteiger partial charge is 0.305 e. The highest BCUT2D eigenvalue weighted by Gasteiger charge is 2.32. The van der Waals surface area contributed by atoms with Crippen molar-refractivity contribution in [2.75, 3.05) is 0 Å². The molecule has 0 fully saturated rings. The van der Waals surface area contributed by atoms with Crippen molar-refractivity contribution in [2.45, 2.75) is 83.5 Å². The van der Waals surface area contributed by atoms with Crippen molar-refractivity contribution in [1.29, 1.82) is 0 Å². The first-order valence-electron chi connectivity index (χ1n) is 11.8. The normalized spacial score (nSPS) is 13.8. The number of carbonyl (C=O) groups is 8. The fourth-order valence-corrected chi connectivity index (χ4v) is 3.03. The van der Waals surface area contributed by atoms with Crippen LogP contribution in [0.25, 0.3) is 0 Å². The molecule has 0 saturated carbocycles. The SMILES string of the molecule is CCCC(=O)NNC(CC(=O)O)C(=O)N[C@@H](CCC(=O)O)C(=O)NC(C(=O)N[C@H](C=O)CC(=O)O)C(C)C. The summed E-state index contributed by atoms with van der Waals surface area (Å²) in [7, 11) is 0. The molecule has 0 aliphatic carbocycles. The second kappa shape index (κ2) is 17.4. The van der Waals surface area contributed by atoms with E-state index in [0.29, 0.717) is 6.42 Å². The summed E-state index contributed by atoms with van der Waals surface area (Å²) >= 11 is 0. The Bertz CT molecular complexity index is 893. The summed E-state index contributed by atoms with van der Waals surface area (Å²) in [6.45, 7) is 4.80. The lowest BCUT2D eigenvalue weighted by Gasteiger charge is -2.27. The number of hydrogen-bond acceptors (Lipinski definition) is 9. The molecule has 214 valence electrons. The number of amides is 4. The van der Waals surface area contributed by atoms with Gasteiger partial charge < -0.3 is 36.1 Å². The number of aliphatic carboxylic acids is 3. The van der Waals surface area contributed by atoms with Gasteiger partial charge in [-0.25, -0.2) is 5.43 Å². The Labute approximate surface area is 218 Å². The van der Waals surface area contributed by atoms with Crippen LogP contribution in [0.4, 0.5) is 0 Å². The standard InChI is InChI=1S/C22H35N5O11/c1-4-5-15(29)27-26-14(9-18(34)35)21(37)24-13(6-7-16(30)31)20(36)25-19(11(2)3)22(38)23-12(10-28)8-17(32)33/h10-14,19,26H,4-9H2,1-3H3,(H,23,38)(H,24,37)(H,25,36)(H,27,29)(H,30,31)(H,32,33)(H,34,35)/t12-,13-,14?,19?/m0/s1. The first-order chi connectivity index (χ1) is 17.7. The largest absolute Gasteiger partial charge is 0.481 e. The number of carboxylic acid groups (broad SMARTS) is 3. The van der Waals surface area contributed by atoms with Crippen LogP contribution in [-0.2, 0) is 38.4 Å². The molecule has 16 nitrogen and oxygen atoms in total. The van der Waals surface area contributed by atoms with Crippen molar-refractivity contribution in [3.05, 3.63) is 0 Å². The minimum absolute atomic E-state index is 0.0914. The first kappa shape index (κ1) is 33.9. The van der Waals surface area contributed by atoms with E-state index in [1.807, 2.05) is 0 Å². The van der Waals surface area contributed by atoms with Crippen LogP contribution in [0.5, 0.6) is 0 Å². The van der Waals surface area contributed by atoms with Crippen LogP contribution in [0, 0.1) is 5.92 Å². The zero-order chi connectivity index (χ0) is 29.4. The zero-order valence-corrected chi connectivity index (χ0v) is 21.3. The van der Waals surface area contributed by atoms with Crippen molar-refractivity contribution in [3.63, 3.8) is 0 Å². The minimum Gasteiger partial charge on any atom is -0.481 e. The number of hydrazine groups is 1. The molecule has 2 unspecified atom stereocenters. The van der Waals surface area contributed by atoms with Gasteiger partial charge in [-0.05, 0) is 18.8 Å². The molecule has 38 heavy (non-hydrogen) atoms. The number of aldehydes is 1. The predicted octanol–water partition coefficient (Wildman–Crippen LogP) is -2.10. The Kier molecular flexibility index (Phi) is 15.5.